The van der Waals surface area contributed by atoms with E-state index in [-0.39, 0.29) is 25.3 Å². The summed E-state index contributed by atoms with van der Waals surface area (Å²) in [5, 5.41) is 3.29. The number of benzene rings is 1. The van der Waals surface area contributed by atoms with E-state index in [0.29, 0.717) is 41.4 Å². The molecule has 0 fully saturated rings. The Bertz CT molecular complexity index is 981. The Balaban J connectivity index is 1.73. The van der Waals surface area contributed by atoms with Crippen molar-refractivity contribution in [3.05, 3.63) is 44.7 Å². The lowest BCUT2D eigenvalue weighted by Crippen LogP contribution is -2.34. The Labute approximate surface area is 189 Å². The largest absolute Gasteiger partial charge is 0.460 e. The maximum atomic E-state index is 13.2. The highest BCUT2D eigenvalue weighted by atomic mass is 79.9. The maximum absolute atomic E-state index is 13.2. The lowest BCUT2D eigenvalue weighted by atomic mass is 9.75. The molecule has 1 aromatic rings. The van der Waals surface area contributed by atoms with Crippen molar-refractivity contribution >= 4 is 27.7 Å². The minimum atomic E-state index is -0.550. The van der Waals surface area contributed by atoms with Crippen LogP contribution in [0, 0.1) is 0 Å². The van der Waals surface area contributed by atoms with E-state index >= 15 is 0 Å². The number of allylic oxidation sites excluding steroid dienone is 3. The summed E-state index contributed by atoms with van der Waals surface area (Å²) in [5.74, 6) is 0.259. The monoisotopic (exact) mass is 491 g/mol. The fourth-order valence-electron chi connectivity index (χ4n) is 4.21. The predicted octanol–water partition coefficient (Wildman–Crippen LogP) is 4.11. The van der Waals surface area contributed by atoms with Crippen LogP contribution in [0.3, 0.4) is 0 Å². The Kier molecular flexibility index (Phi) is 6.39. The number of carbonyl (C=O) groups excluding carboxylic acids is 2. The molecule has 166 valence electrons. The molecule has 0 bridgehead atoms. The molecule has 7 nitrogen and oxygen atoms in total. The standard InChI is InChI=1S/C23H26BrNO6/c1-12(2)28-7-8-29-23(27)20-13(3)25-16-5-4-6-17(26)22(16)21(20)14-9-18-19(10-15(14)24)31-11-30-18/h9-10,12,21,25H,4-8,11H2,1-3H3/t21-/m1/s1. The number of esters is 1. The van der Waals surface area contributed by atoms with E-state index in [9.17, 15) is 9.59 Å². The van der Waals surface area contributed by atoms with Gasteiger partial charge in [-0.3, -0.25) is 4.79 Å². The van der Waals surface area contributed by atoms with Crippen LogP contribution in [-0.2, 0) is 19.1 Å². The van der Waals surface area contributed by atoms with Gasteiger partial charge in [-0.15, -0.1) is 0 Å². The third-order valence-corrected chi connectivity index (χ3v) is 6.25. The number of dihydropyridines is 1. The SMILES string of the molecule is CC1=C(C(=O)OCCOC(C)C)[C@@H](c2cc3c(cc2Br)OCO3)C2=C(CCCC2=O)N1. The van der Waals surface area contributed by atoms with Crippen LogP contribution in [0.25, 0.3) is 0 Å². The number of carbonyl (C=O) groups is 2. The van der Waals surface area contributed by atoms with Crippen LogP contribution >= 0.6 is 15.9 Å². The quantitative estimate of drug-likeness (QED) is 0.473. The molecule has 1 N–H and O–H groups in total. The summed E-state index contributed by atoms with van der Waals surface area (Å²) in [6.45, 7) is 6.30. The lowest BCUT2D eigenvalue weighted by molar-refractivity contribution is -0.141. The Morgan fingerprint density at radius 1 is 1.23 bits per heavy atom. The predicted molar refractivity (Wildman–Crippen MR) is 117 cm³/mol. The fourth-order valence-corrected chi connectivity index (χ4v) is 4.77. The normalized spacial score (nSPS) is 20.2. The summed E-state index contributed by atoms with van der Waals surface area (Å²) in [6, 6.07) is 3.67. The average molecular weight is 492 g/mol. The van der Waals surface area contributed by atoms with E-state index < -0.39 is 11.9 Å². The van der Waals surface area contributed by atoms with Crippen LogP contribution in [0.2, 0.25) is 0 Å². The number of nitrogens with one attached hydrogen (secondary N) is 1. The van der Waals surface area contributed by atoms with Gasteiger partial charge in [0.1, 0.15) is 6.61 Å². The first-order chi connectivity index (χ1) is 14.9. The van der Waals surface area contributed by atoms with Crippen LogP contribution < -0.4 is 14.8 Å². The summed E-state index contributed by atoms with van der Waals surface area (Å²) in [4.78, 5) is 26.2. The van der Waals surface area contributed by atoms with Gasteiger partial charge in [-0.25, -0.2) is 4.79 Å². The van der Waals surface area contributed by atoms with Crippen LogP contribution in [0.1, 0.15) is 51.5 Å². The second kappa shape index (κ2) is 9.04. The zero-order valence-corrected chi connectivity index (χ0v) is 19.5. The molecule has 2 aliphatic heterocycles. The molecular formula is C23H26BrNO6. The molecule has 1 atom stereocenters. The van der Waals surface area contributed by atoms with Gasteiger partial charge in [-0.1, -0.05) is 15.9 Å². The van der Waals surface area contributed by atoms with Gasteiger partial charge in [0.15, 0.2) is 17.3 Å². The summed E-state index contributed by atoms with van der Waals surface area (Å²) in [6.07, 6.45) is 2.07. The molecule has 1 aromatic carbocycles. The molecule has 0 spiro atoms. The number of rotatable bonds is 6. The van der Waals surface area contributed by atoms with Gasteiger partial charge >= 0.3 is 5.97 Å². The fraction of sp³-hybridized carbons (Fsp3) is 0.478. The third-order valence-electron chi connectivity index (χ3n) is 5.57. The van der Waals surface area contributed by atoms with Crippen LogP contribution in [0.15, 0.2) is 39.1 Å². The van der Waals surface area contributed by atoms with Crippen molar-refractivity contribution in [3.63, 3.8) is 0 Å². The van der Waals surface area contributed by atoms with Gasteiger partial charge in [0.05, 0.1) is 18.3 Å². The van der Waals surface area contributed by atoms with Gasteiger partial charge in [-0.2, -0.15) is 0 Å². The zero-order chi connectivity index (χ0) is 22.1. The van der Waals surface area contributed by atoms with E-state index in [4.69, 9.17) is 18.9 Å². The van der Waals surface area contributed by atoms with Crippen molar-refractivity contribution in [2.75, 3.05) is 20.0 Å². The van der Waals surface area contributed by atoms with Gasteiger partial charge < -0.3 is 24.3 Å². The Morgan fingerprint density at radius 3 is 2.71 bits per heavy atom. The van der Waals surface area contributed by atoms with Crippen molar-refractivity contribution in [2.24, 2.45) is 0 Å². The molecule has 31 heavy (non-hydrogen) atoms. The van der Waals surface area contributed by atoms with Crippen molar-refractivity contribution in [3.8, 4) is 11.5 Å². The second-order valence-corrected chi connectivity index (χ2v) is 8.90. The number of fused-ring (bicyclic) bond motifs is 1. The Morgan fingerprint density at radius 2 is 1.97 bits per heavy atom. The third kappa shape index (κ3) is 4.36. The molecule has 2 heterocycles. The van der Waals surface area contributed by atoms with Crippen molar-refractivity contribution in [2.45, 2.75) is 52.1 Å². The minimum absolute atomic E-state index is 0.0456. The van der Waals surface area contributed by atoms with E-state index in [0.717, 1.165) is 28.6 Å². The summed E-state index contributed by atoms with van der Waals surface area (Å²) in [7, 11) is 0. The average Bonchev–Trinajstić information content (AvgIpc) is 3.16. The molecule has 3 aliphatic rings. The molecular weight excluding hydrogens is 466 g/mol. The van der Waals surface area contributed by atoms with E-state index in [1.54, 1.807) is 0 Å². The molecule has 1 aliphatic carbocycles. The first-order valence-electron chi connectivity index (χ1n) is 10.5. The van der Waals surface area contributed by atoms with Gasteiger partial charge in [0.2, 0.25) is 6.79 Å². The number of hydrogen-bond donors (Lipinski definition) is 1. The van der Waals surface area contributed by atoms with Crippen molar-refractivity contribution < 1.29 is 28.5 Å². The maximum Gasteiger partial charge on any atom is 0.336 e. The van der Waals surface area contributed by atoms with Crippen molar-refractivity contribution in [1.29, 1.82) is 0 Å². The minimum Gasteiger partial charge on any atom is -0.460 e. The van der Waals surface area contributed by atoms with E-state index in [1.807, 2.05) is 32.9 Å². The number of hydrogen-bond acceptors (Lipinski definition) is 7. The molecule has 0 radical (unpaired) electrons. The van der Waals surface area contributed by atoms with Gasteiger partial charge in [0.25, 0.3) is 0 Å². The van der Waals surface area contributed by atoms with Gasteiger partial charge in [0, 0.05) is 33.8 Å². The van der Waals surface area contributed by atoms with Crippen LogP contribution in [-0.4, -0.2) is 37.9 Å². The second-order valence-electron chi connectivity index (χ2n) is 8.05. The van der Waals surface area contributed by atoms with Crippen LogP contribution in [0.5, 0.6) is 11.5 Å². The highest BCUT2D eigenvalue weighted by molar-refractivity contribution is 9.10. The number of halogens is 1. The molecule has 4 rings (SSSR count). The molecule has 0 saturated carbocycles. The lowest BCUT2D eigenvalue weighted by Gasteiger charge is -2.34. The van der Waals surface area contributed by atoms with Crippen LogP contribution in [0.4, 0.5) is 0 Å². The smallest absolute Gasteiger partial charge is 0.336 e. The molecule has 0 saturated heterocycles. The summed E-state index contributed by atoms with van der Waals surface area (Å²) in [5.41, 5.74) is 3.40. The van der Waals surface area contributed by atoms with Crippen molar-refractivity contribution in [1.82, 2.24) is 5.32 Å². The zero-order valence-electron chi connectivity index (χ0n) is 17.9. The number of ether oxygens (including phenoxy) is 4. The molecule has 0 aromatic heterocycles. The Hall–Kier alpha value is -2.32. The summed E-state index contributed by atoms with van der Waals surface area (Å²) >= 11 is 3.61. The number of ketones is 1. The first-order valence-corrected chi connectivity index (χ1v) is 11.3. The van der Waals surface area contributed by atoms with E-state index in [2.05, 4.69) is 21.2 Å². The topological polar surface area (TPSA) is 83.1 Å². The van der Waals surface area contributed by atoms with Gasteiger partial charge in [-0.05, 0) is 51.3 Å². The summed E-state index contributed by atoms with van der Waals surface area (Å²) < 4.78 is 22.8. The highest BCUT2D eigenvalue weighted by Gasteiger charge is 2.40. The number of Topliss-reactive ketones (excluding diaryl/α,β-unsaturated/α-hetero) is 1. The molecule has 0 unspecified atom stereocenters. The highest BCUT2D eigenvalue weighted by Crippen LogP contribution is 2.48. The van der Waals surface area contributed by atoms with E-state index in [1.165, 1.54) is 0 Å². The molecule has 0 amide bonds. The molecule has 8 heteroatoms. The first kappa shape index (κ1) is 21.9.